The number of phenolic OH excluding ortho intramolecular Hbond substituents is 1. The van der Waals surface area contributed by atoms with Crippen molar-refractivity contribution in [2.75, 3.05) is 7.11 Å². The molecule has 6 nitrogen and oxygen atoms in total. The van der Waals surface area contributed by atoms with Crippen LogP contribution in [0.4, 0.5) is 0 Å². The summed E-state index contributed by atoms with van der Waals surface area (Å²) in [6.07, 6.45) is -1.00. The Hall–Kier alpha value is -2.99. The van der Waals surface area contributed by atoms with Gasteiger partial charge in [-0.2, -0.15) is 0 Å². The summed E-state index contributed by atoms with van der Waals surface area (Å²) < 4.78 is 11.3. The highest BCUT2D eigenvalue weighted by Gasteiger charge is 2.51. The lowest BCUT2D eigenvalue weighted by molar-refractivity contribution is -0.131. The first kappa shape index (κ1) is 19.3. The van der Waals surface area contributed by atoms with Gasteiger partial charge in [-0.05, 0) is 30.7 Å². The molecule has 2 aromatic rings. The predicted octanol–water partition coefficient (Wildman–Crippen LogP) is 3.52. The van der Waals surface area contributed by atoms with E-state index < -0.39 is 17.9 Å². The Labute approximate surface area is 168 Å². The van der Waals surface area contributed by atoms with Crippen molar-refractivity contribution < 1.29 is 29.0 Å². The molecule has 0 amide bonds. The highest BCUT2D eigenvalue weighted by molar-refractivity contribution is 6.18. The van der Waals surface area contributed by atoms with Gasteiger partial charge in [0.15, 0.2) is 11.6 Å². The van der Waals surface area contributed by atoms with Crippen LogP contribution in [-0.4, -0.2) is 35.7 Å². The van der Waals surface area contributed by atoms with Gasteiger partial charge in [-0.3, -0.25) is 14.4 Å². The van der Waals surface area contributed by atoms with E-state index >= 15 is 0 Å². The standard InChI is InChI=1S/C23H22O6/c1-12(13-6-8-15(28-2)9-7-13)29-19-11-14(24)10-17-21(19)23(27)20-16(22(17)26)4-3-5-18(20)25/h3-9,12,17,19,21,25H,10-11H2,1-2H3/t12-,17-,19-,21+/m1/s1. The summed E-state index contributed by atoms with van der Waals surface area (Å²) in [5.74, 6) is -1.72. The molecule has 0 aromatic heterocycles. The lowest BCUT2D eigenvalue weighted by atomic mass is 9.65. The van der Waals surface area contributed by atoms with Gasteiger partial charge in [0, 0.05) is 24.3 Å². The fourth-order valence-electron chi connectivity index (χ4n) is 4.39. The molecule has 0 saturated heterocycles. The van der Waals surface area contributed by atoms with E-state index in [1.165, 1.54) is 18.2 Å². The van der Waals surface area contributed by atoms with Gasteiger partial charge in [-0.1, -0.05) is 24.3 Å². The van der Waals surface area contributed by atoms with Crippen LogP contribution in [0.1, 0.15) is 52.1 Å². The molecule has 2 aliphatic rings. The third-order valence-electron chi connectivity index (χ3n) is 5.87. The van der Waals surface area contributed by atoms with Crippen LogP contribution in [0.25, 0.3) is 0 Å². The van der Waals surface area contributed by atoms with Crippen molar-refractivity contribution in [1.29, 1.82) is 0 Å². The fraction of sp³-hybridized carbons (Fsp3) is 0.348. The number of Topliss-reactive ketones (excluding diaryl/α,β-unsaturated/α-hetero) is 3. The Morgan fingerprint density at radius 2 is 1.72 bits per heavy atom. The third kappa shape index (κ3) is 3.34. The van der Waals surface area contributed by atoms with Gasteiger partial charge in [-0.15, -0.1) is 0 Å². The van der Waals surface area contributed by atoms with Crippen LogP contribution >= 0.6 is 0 Å². The summed E-state index contributed by atoms with van der Waals surface area (Å²) in [6.45, 7) is 1.84. The van der Waals surface area contributed by atoms with Crippen LogP contribution < -0.4 is 4.74 Å². The number of rotatable bonds is 4. The van der Waals surface area contributed by atoms with Gasteiger partial charge in [0.1, 0.15) is 17.3 Å². The highest BCUT2D eigenvalue weighted by atomic mass is 16.5. The van der Waals surface area contributed by atoms with E-state index in [2.05, 4.69) is 0 Å². The first-order chi connectivity index (χ1) is 13.9. The molecule has 2 aromatic carbocycles. The molecule has 29 heavy (non-hydrogen) atoms. The zero-order chi connectivity index (χ0) is 20.7. The van der Waals surface area contributed by atoms with E-state index in [4.69, 9.17) is 9.47 Å². The number of benzene rings is 2. The SMILES string of the molecule is COc1ccc([C@@H](C)O[C@@H]2CC(=O)C[C@H]3C(=O)c4cccc(O)c4C(=O)[C@H]23)cc1. The number of ether oxygens (including phenoxy) is 2. The van der Waals surface area contributed by atoms with Gasteiger partial charge in [0.05, 0.1) is 30.8 Å². The fourth-order valence-corrected chi connectivity index (χ4v) is 4.39. The van der Waals surface area contributed by atoms with Crippen LogP contribution in [0.3, 0.4) is 0 Å². The Morgan fingerprint density at radius 3 is 2.41 bits per heavy atom. The maximum Gasteiger partial charge on any atom is 0.173 e. The van der Waals surface area contributed by atoms with E-state index in [1.807, 2.05) is 31.2 Å². The second-order valence-corrected chi connectivity index (χ2v) is 7.60. The molecule has 1 saturated carbocycles. The molecule has 2 aliphatic carbocycles. The summed E-state index contributed by atoms with van der Waals surface area (Å²) in [5, 5.41) is 10.2. The minimum absolute atomic E-state index is 0.0289. The number of fused-ring (bicyclic) bond motifs is 2. The van der Waals surface area contributed by atoms with Crippen LogP contribution in [-0.2, 0) is 9.53 Å². The molecular formula is C23H22O6. The van der Waals surface area contributed by atoms with Crippen molar-refractivity contribution in [3.63, 3.8) is 0 Å². The zero-order valence-corrected chi connectivity index (χ0v) is 16.3. The lowest BCUT2D eigenvalue weighted by Gasteiger charge is -2.40. The number of hydrogen-bond acceptors (Lipinski definition) is 6. The first-order valence-corrected chi connectivity index (χ1v) is 9.62. The van der Waals surface area contributed by atoms with Crippen molar-refractivity contribution in [3.05, 3.63) is 59.2 Å². The number of carbonyl (C=O) groups excluding carboxylic acids is 3. The molecule has 0 bridgehead atoms. The van der Waals surface area contributed by atoms with Crippen LogP contribution in [0, 0.1) is 11.8 Å². The van der Waals surface area contributed by atoms with Gasteiger partial charge >= 0.3 is 0 Å². The smallest absolute Gasteiger partial charge is 0.173 e. The molecule has 4 atom stereocenters. The average molecular weight is 394 g/mol. The van der Waals surface area contributed by atoms with E-state index in [-0.39, 0.29) is 53.2 Å². The topological polar surface area (TPSA) is 89.9 Å². The lowest BCUT2D eigenvalue weighted by Crippen LogP contribution is -2.49. The predicted molar refractivity (Wildman–Crippen MR) is 104 cm³/mol. The largest absolute Gasteiger partial charge is 0.507 e. The summed E-state index contributed by atoms with van der Waals surface area (Å²) in [7, 11) is 1.58. The number of hydrogen-bond donors (Lipinski definition) is 1. The van der Waals surface area contributed by atoms with E-state index in [1.54, 1.807) is 7.11 Å². The quantitative estimate of drug-likeness (QED) is 0.853. The number of phenols is 1. The first-order valence-electron chi connectivity index (χ1n) is 9.62. The molecule has 0 radical (unpaired) electrons. The molecule has 1 N–H and O–H groups in total. The van der Waals surface area contributed by atoms with Crippen molar-refractivity contribution in [3.8, 4) is 11.5 Å². The second kappa shape index (κ2) is 7.44. The Bertz CT molecular complexity index is 977. The molecular weight excluding hydrogens is 372 g/mol. The van der Waals surface area contributed by atoms with Crippen molar-refractivity contribution in [2.45, 2.75) is 32.0 Å². The second-order valence-electron chi connectivity index (χ2n) is 7.60. The molecule has 0 aliphatic heterocycles. The monoisotopic (exact) mass is 394 g/mol. The van der Waals surface area contributed by atoms with Crippen LogP contribution in [0.2, 0.25) is 0 Å². The summed E-state index contributed by atoms with van der Waals surface area (Å²) in [4.78, 5) is 38.5. The summed E-state index contributed by atoms with van der Waals surface area (Å²) >= 11 is 0. The molecule has 0 heterocycles. The van der Waals surface area contributed by atoms with Gasteiger partial charge in [0.25, 0.3) is 0 Å². The maximum absolute atomic E-state index is 13.2. The number of carbonyl (C=O) groups is 3. The molecule has 1 fully saturated rings. The molecule has 150 valence electrons. The van der Waals surface area contributed by atoms with Crippen LogP contribution in [0.15, 0.2) is 42.5 Å². The molecule has 4 rings (SSSR count). The minimum atomic E-state index is -0.776. The number of aromatic hydroxyl groups is 1. The summed E-state index contributed by atoms with van der Waals surface area (Å²) in [5.41, 5.74) is 1.10. The van der Waals surface area contributed by atoms with E-state index in [0.29, 0.717) is 5.75 Å². The van der Waals surface area contributed by atoms with Gasteiger partial charge in [-0.25, -0.2) is 0 Å². The Morgan fingerprint density at radius 1 is 1.00 bits per heavy atom. The zero-order valence-electron chi connectivity index (χ0n) is 16.3. The van der Waals surface area contributed by atoms with Crippen molar-refractivity contribution in [2.24, 2.45) is 11.8 Å². The van der Waals surface area contributed by atoms with Gasteiger partial charge < -0.3 is 14.6 Å². The van der Waals surface area contributed by atoms with Crippen molar-refractivity contribution >= 4 is 17.3 Å². The maximum atomic E-state index is 13.2. The number of ketones is 3. The molecule has 0 spiro atoms. The average Bonchev–Trinajstić information content (AvgIpc) is 2.71. The van der Waals surface area contributed by atoms with Gasteiger partial charge in [0.2, 0.25) is 0 Å². The van der Waals surface area contributed by atoms with Crippen LogP contribution in [0.5, 0.6) is 11.5 Å². The normalized spacial score (nSPS) is 24.6. The molecule has 0 unspecified atom stereocenters. The molecule has 6 heteroatoms. The van der Waals surface area contributed by atoms with Crippen molar-refractivity contribution in [1.82, 2.24) is 0 Å². The van der Waals surface area contributed by atoms with E-state index in [0.717, 1.165) is 5.56 Å². The summed E-state index contributed by atoms with van der Waals surface area (Å²) in [6, 6.07) is 11.8. The Balaban J connectivity index is 1.65. The third-order valence-corrected chi connectivity index (χ3v) is 5.87. The number of methoxy groups -OCH3 is 1. The Kier molecular flexibility index (Phi) is 4.96. The minimum Gasteiger partial charge on any atom is -0.507 e. The van der Waals surface area contributed by atoms with E-state index in [9.17, 15) is 19.5 Å². The highest BCUT2D eigenvalue weighted by Crippen LogP contribution is 2.43.